The zero-order valence-corrected chi connectivity index (χ0v) is 9.35. The van der Waals surface area contributed by atoms with Gasteiger partial charge in [-0.05, 0) is 19.1 Å². The van der Waals surface area contributed by atoms with Gasteiger partial charge in [-0.3, -0.25) is 10.1 Å². The average Bonchev–Trinajstić information content (AvgIpc) is 2.78. The number of hydrogen-bond acceptors (Lipinski definition) is 5. The highest BCUT2D eigenvalue weighted by Crippen LogP contribution is 2.24. The number of nitro groups is 1. The summed E-state index contributed by atoms with van der Waals surface area (Å²) in [4.78, 5) is 10.1. The highest BCUT2D eigenvalue weighted by atomic mass is 16.6. The molecule has 88 valence electrons. The first-order chi connectivity index (χ1) is 8.22. The van der Waals surface area contributed by atoms with Crippen LogP contribution in [0.4, 0.5) is 11.4 Å². The number of benzene rings is 1. The number of nitro benzene ring substituents is 1. The normalized spacial score (nSPS) is 19.1. The molecular formula is C11H12N4O2. The van der Waals surface area contributed by atoms with E-state index in [0.717, 1.165) is 5.69 Å². The van der Waals surface area contributed by atoms with Crippen LogP contribution >= 0.6 is 0 Å². The Labute approximate surface area is 98.4 Å². The van der Waals surface area contributed by atoms with Crippen molar-refractivity contribution in [2.75, 3.05) is 11.6 Å². The molecule has 6 nitrogen and oxygen atoms in total. The van der Waals surface area contributed by atoms with Crippen molar-refractivity contribution in [3.63, 3.8) is 0 Å². The Morgan fingerprint density at radius 2 is 2.18 bits per heavy atom. The Bertz CT molecular complexity index is 467. The lowest BCUT2D eigenvalue weighted by Gasteiger charge is -2.18. The molecule has 1 aliphatic rings. The van der Waals surface area contributed by atoms with E-state index in [1.165, 1.54) is 12.1 Å². The molecule has 6 heteroatoms. The molecule has 0 saturated carbocycles. The van der Waals surface area contributed by atoms with E-state index in [0.29, 0.717) is 6.54 Å². The highest BCUT2D eigenvalue weighted by molar-refractivity contribution is 5.52. The van der Waals surface area contributed by atoms with Crippen LogP contribution in [0.25, 0.3) is 0 Å². The van der Waals surface area contributed by atoms with Crippen LogP contribution in [0, 0.1) is 10.1 Å². The van der Waals surface area contributed by atoms with Gasteiger partial charge in [0.1, 0.15) is 0 Å². The molecule has 0 saturated heterocycles. The van der Waals surface area contributed by atoms with Crippen molar-refractivity contribution in [1.82, 2.24) is 0 Å². The number of allylic oxidation sites excluding steroid dienone is 1. The van der Waals surface area contributed by atoms with Gasteiger partial charge in [-0.25, -0.2) is 5.01 Å². The summed E-state index contributed by atoms with van der Waals surface area (Å²) in [6.07, 6.45) is 3.95. The fraction of sp³-hybridized carbons (Fsp3) is 0.273. The molecule has 0 amide bonds. The van der Waals surface area contributed by atoms with Gasteiger partial charge in [-0.2, -0.15) is 5.11 Å². The van der Waals surface area contributed by atoms with Crippen molar-refractivity contribution >= 4 is 11.4 Å². The van der Waals surface area contributed by atoms with Gasteiger partial charge in [0, 0.05) is 12.1 Å². The summed E-state index contributed by atoms with van der Waals surface area (Å²) in [6, 6.07) is 6.39. The summed E-state index contributed by atoms with van der Waals surface area (Å²) < 4.78 is 0. The van der Waals surface area contributed by atoms with Crippen molar-refractivity contribution in [2.45, 2.75) is 13.0 Å². The third-order valence-corrected chi connectivity index (χ3v) is 2.48. The quantitative estimate of drug-likeness (QED) is 0.457. The van der Waals surface area contributed by atoms with Gasteiger partial charge in [-0.15, -0.1) is 0 Å². The van der Waals surface area contributed by atoms with Gasteiger partial charge < -0.3 is 0 Å². The molecule has 0 fully saturated rings. The summed E-state index contributed by atoms with van der Waals surface area (Å²) in [5.41, 5.74) is 0.882. The lowest BCUT2D eigenvalue weighted by atomic mass is 10.2. The molecule has 0 radical (unpaired) electrons. The van der Waals surface area contributed by atoms with Gasteiger partial charge in [-0.1, -0.05) is 17.4 Å². The third kappa shape index (κ3) is 2.30. The van der Waals surface area contributed by atoms with Crippen molar-refractivity contribution in [3.8, 4) is 0 Å². The van der Waals surface area contributed by atoms with Crippen LogP contribution in [0.3, 0.4) is 0 Å². The van der Waals surface area contributed by atoms with Crippen LogP contribution in [0.15, 0.2) is 46.8 Å². The molecule has 0 spiro atoms. The van der Waals surface area contributed by atoms with Crippen LogP contribution in [-0.2, 0) is 0 Å². The summed E-state index contributed by atoms with van der Waals surface area (Å²) in [7, 11) is 0. The molecule has 0 N–H and O–H groups in total. The minimum absolute atomic E-state index is 0.0764. The van der Waals surface area contributed by atoms with Crippen molar-refractivity contribution < 1.29 is 4.92 Å². The zero-order chi connectivity index (χ0) is 12.3. The first-order valence-corrected chi connectivity index (χ1v) is 5.26. The lowest BCUT2D eigenvalue weighted by Crippen LogP contribution is -2.26. The van der Waals surface area contributed by atoms with E-state index < -0.39 is 4.92 Å². The van der Waals surface area contributed by atoms with E-state index in [1.807, 2.05) is 19.1 Å². The van der Waals surface area contributed by atoms with Crippen molar-refractivity contribution in [1.29, 1.82) is 0 Å². The Kier molecular flexibility index (Phi) is 3.13. The van der Waals surface area contributed by atoms with Crippen LogP contribution in [0.2, 0.25) is 0 Å². The highest BCUT2D eigenvalue weighted by Gasteiger charge is 2.21. The smallest absolute Gasteiger partial charge is 0.258 e. The van der Waals surface area contributed by atoms with Crippen LogP contribution in [0.1, 0.15) is 6.92 Å². The van der Waals surface area contributed by atoms with E-state index in [9.17, 15) is 10.1 Å². The molecule has 0 aliphatic carbocycles. The minimum Gasteiger partial charge on any atom is -0.258 e. The molecule has 0 bridgehead atoms. The average molecular weight is 232 g/mol. The van der Waals surface area contributed by atoms with Gasteiger partial charge >= 0.3 is 0 Å². The van der Waals surface area contributed by atoms with Gasteiger partial charge in [0.05, 0.1) is 23.2 Å². The minimum atomic E-state index is -0.418. The Balaban J connectivity index is 2.22. The van der Waals surface area contributed by atoms with Crippen LogP contribution in [-0.4, -0.2) is 17.5 Å². The summed E-state index contributed by atoms with van der Waals surface area (Å²) in [5, 5.41) is 20.3. The second-order valence-electron chi connectivity index (χ2n) is 3.62. The molecule has 17 heavy (non-hydrogen) atoms. The molecule has 1 aromatic rings. The SMILES string of the molecule is C/C=C/C1CN=NN1c1ccc([N+](=O)[O-])cc1. The van der Waals surface area contributed by atoms with E-state index in [2.05, 4.69) is 10.3 Å². The first-order valence-electron chi connectivity index (χ1n) is 5.26. The van der Waals surface area contributed by atoms with Crippen LogP contribution in [0.5, 0.6) is 0 Å². The number of hydrogen-bond donors (Lipinski definition) is 0. The van der Waals surface area contributed by atoms with Gasteiger partial charge in [0.25, 0.3) is 5.69 Å². The summed E-state index contributed by atoms with van der Waals surface area (Å²) in [5.74, 6) is 0. The number of rotatable bonds is 3. The van der Waals surface area contributed by atoms with E-state index >= 15 is 0 Å². The Morgan fingerprint density at radius 3 is 2.76 bits per heavy atom. The molecule has 1 unspecified atom stereocenters. The second kappa shape index (κ2) is 4.73. The number of nitrogens with zero attached hydrogens (tertiary/aromatic N) is 4. The van der Waals surface area contributed by atoms with Gasteiger partial charge in [0.2, 0.25) is 0 Å². The summed E-state index contributed by atoms with van der Waals surface area (Å²) >= 11 is 0. The number of non-ortho nitro benzene ring substituents is 1. The predicted molar refractivity (Wildman–Crippen MR) is 63.9 cm³/mol. The van der Waals surface area contributed by atoms with Crippen molar-refractivity contribution in [3.05, 3.63) is 46.5 Å². The molecule has 1 aliphatic heterocycles. The van der Waals surface area contributed by atoms with Crippen LogP contribution < -0.4 is 5.01 Å². The lowest BCUT2D eigenvalue weighted by molar-refractivity contribution is -0.384. The van der Waals surface area contributed by atoms with Crippen molar-refractivity contribution in [2.24, 2.45) is 10.3 Å². The molecule has 1 heterocycles. The fourth-order valence-electron chi connectivity index (χ4n) is 1.67. The molecule has 1 atom stereocenters. The fourth-order valence-corrected chi connectivity index (χ4v) is 1.67. The van der Waals surface area contributed by atoms with E-state index in [4.69, 9.17) is 0 Å². The molecular weight excluding hydrogens is 220 g/mol. The molecule has 2 rings (SSSR count). The van der Waals surface area contributed by atoms with E-state index in [-0.39, 0.29) is 11.7 Å². The Hall–Kier alpha value is -2.24. The standard InChI is InChI=1S/C11H12N4O2/c1-2-3-11-8-12-13-14(11)9-4-6-10(7-5-9)15(16)17/h2-7,11H,8H2,1H3/b3-2+. The van der Waals surface area contributed by atoms with E-state index in [1.54, 1.807) is 17.1 Å². The maximum Gasteiger partial charge on any atom is 0.269 e. The third-order valence-electron chi connectivity index (χ3n) is 2.48. The maximum atomic E-state index is 10.5. The second-order valence-corrected chi connectivity index (χ2v) is 3.62. The van der Waals surface area contributed by atoms with Gasteiger partial charge in [0.15, 0.2) is 0 Å². The molecule has 1 aromatic carbocycles. The zero-order valence-electron chi connectivity index (χ0n) is 9.35. The largest absolute Gasteiger partial charge is 0.269 e. The predicted octanol–water partition coefficient (Wildman–Crippen LogP) is 2.73. The Morgan fingerprint density at radius 1 is 1.47 bits per heavy atom. The summed E-state index contributed by atoms with van der Waals surface area (Å²) in [6.45, 7) is 2.55. The topological polar surface area (TPSA) is 71.1 Å². The number of anilines is 1. The maximum absolute atomic E-state index is 10.5. The first kappa shape index (κ1) is 11.3. The monoisotopic (exact) mass is 232 g/mol. The molecule has 0 aromatic heterocycles.